The third-order valence-corrected chi connectivity index (χ3v) is 5.35. The molecule has 1 amide bonds. The van der Waals surface area contributed by atoms with Gasteiger partial charge >= 0.3 is 0 Å². The van der Waals surface area contributed by atoms with Crippen LogP contribution in [0.25, 0.3) is 16.2 Å². The summed E-state index contributed by atoms with van der Waals surface area (Å²) in [5.41, 5.74) is 8.25. The number of nitrogens with two attached hydrogens (primary N) is 1. The van der Waals surface area contributed by atoms with Gasteiger partial charge in [0.25, 0.3) is 0 Å². The number of anilines is 1. The van der Waals surface area contributed by atoms with Crippen LogP contribution in [0.2, 0.25) is 0 Å². The van der Waals surface area contributed by atoms with E-state index in [1.165, 1.54) is 0 Å². The van der Waals surface area contributed by atoms with E-state index in [0.717, 1.165) is 32.5 Å². The zero-order valence-corrected chi connectivity index (χ0v) is 19.1. The van der Waals surface area contributed by atoms with Crippen molar-refractivity contribution in [3.8, 4) is 22.4 Å². The van der Waals surface area contributed by atoms with Gasteiger partial charge in [0.2, 0.25) is 5.91 Å². The van der Waals surface area contributed by atoms with E-state index in [-0.39, 0.29) is 17.9 Å². The van der Waals surface area contributed by atoms with Crippen molar-refractivity contribution < 1.29 is 4.79 Å². The van der Waals surface area contributed by atoms with E-state index in [1.807, 2.05) is 42.6 Å². The van der Waals surface area contributed by atoms with Gasteiger partial charge in [-0.25, -0.2) is 4.98 Å². The summed E-state index contributed by atoms with van der Waals surface area (Å²) in [4.78, 5) is 18.2. The third-order valence-electron chi connectivity index (χ3n) is 4.34. The highest BCUT2D eigenvalue weighted by atomic mass is 35.5. The highest BCUT2D eigenvalue weighted by Gasteiger charge is 2.20. The van der Waals surface area contributed by atoms with Gasteiger partial charge in [0.1, 0.15) is 17.2 Å². The number of fused-ring (bicyclic) bond motifs is 1. The zero-order chi connectivity index (χ0) is 21.3. The maximum atomic E-state index is 11.4. The van der Waals surface area contributed by atoms with Crippen molar-refractivity contribution in [2.75, 3.05) is 5.32 Å². The van der Waals surface area contributed by atoms with Crippen LogP contribution in [-0.4, -0.2) is 20.8 Å². The van der Waals surface area contributed by atoms with Crippen LogP contribution in [0.1, 0.15) is 41.6 Å². The van der Waals surface area contributed by atoms with Gasteiger partial charge in [-0.2, -0.15) is 0 Å². The molecule has 0 aliphatic carbocycles. The summed E-state index contributed by atoms with van der Waals surface area (Å²) >= 11 is 1.59. The summed E-state index contributed by atoms with van der Waals surface area (Å²) in [5.74, 6) is 6.80. The minimum Gasteiger partial charge on any atom is -0.366 e. The average molecular weight is 451 g/mol. The summed E-state index contributed by atoms with van der Waals surface area (Å²) in [7, 11) is 0. The Kier molecular flexibility index (Phi) is 6.40. The Morgan fingerprint density at radius 2 is 1.90 bits per heavy atom. The minimum atomic E-state index is -0.456. The molecule has 31 heavy (non-hydrogen) atoms. The summed E-state index contributed by atoms with van der Waals surface area (Å²) in [5, 5.41) is 3.58. The van der Waals surface area contributed by atoms with Crippen molar-refractivity contribution in [1.82, 2.24) is 9.38 Å². The summed E-state index contributed by atoms with van der Waals surface area (Å²) < 4.78 is 2.07. The van der Waals surface area contributed by atoms with Gasteiger partial charge in [-0.15, -0.1) is 23.7 Å². The normalized spacial score (nSPS) is 10.8. The molecule has 0 atom stereocenters. The number of halogens is 1. The quantitative estimate of drug-likeness (QED) is 0.421. The molecule has 0 bridgehead atoms. The van der Waals surface area contributed by atoms with Crippen LogP contribution in [0.3, 0.4) is 0 Å². The summed E-state index contributed by atoms with van der Waals surface area (Å²) in [6.07, 6.45) is 2.01. The van der Waals surface area contributed by atoms with Crippen LogP contribution in [0, 0.1) is 11.8 Å². The first-order valence-electron chi connectivity index (χ1n) is 9.57. The molecule has 158 valence electrons. The number of thiophene rings is 1. The number of hydrogen-bond donors (Lipinski definition) is 2. The van der Waals surface area contributed by atoms with E-state index in [0.29, 0.717) is 5.56 Å². The Bertz CT molecular complexity index is 1300. The number of primary amides is 1. The van der Waals surface area contributed by atoms with Gasteiger partial charge in [0, 0.05) is 22.9 Å². The minimum absolute atomic E-state index is 0. The molecule has 3 aromatic heterocycles. The molecule has 4 rings (SSSR count). The van der Waals surface area contributed by atoms with Gasteiger partial charge in [-0.05, 0) is 63.2 Å². The van der Waals surface area contributed by atoms with Gasteiger partial charge < -0.3 is 11.1 Å². The van der Waals surface area contributed by atoms with Crippen molar-refractivity contribution in [3.05, 3.63) is 76.8 Å². The first kappa shape index (κ1) is 22.4. The summed E-state index contributed by atoms with van der Waals surface area (Å²) in [6.45, 7) is 6.39. The molecule has 0 spiro atoms. The second-order valence-corrected chi connectivity index (χ2v) is 9.06. The van der Waals surface area contributed by atoms with Crippen LogP contribution < -0.4 is 11.1 Å². The Morgan fingerprint density at radius 3 is 2.65 bits per heavy atom. The number of carbonyl (C=O) groups is 1. The van der Waals surface area contributed by atoms with Crippen molar-refractivity contribution in [2.45, 2.75) is 26.3 Å². The number of nitrogens with one attached hydrogen (secondary N) is 1. The molecule has 5 nitrogen and oxygen atoms in total. The van der Waals surface area contributed by atoms with Gasteiger partial charge in [0.15, 0.2) is 0 Å². The number of rotatable bonds is 3. The number of pyridine rings is 1. The van der Waals surface area contributed by atoms with Gasteiger partial charge in [-0.1, -0.05) is 24.0 Å². The molecule has 3 heterocycles. The van der Waals surface area contributed by atoms with Crippen molar-refractivity contribution >= 4 is 41.1 Å². The third kappa shape index (κ3) is 5.08. The molecule has 0 unspecified atom stereocenters. The molecule has 0 fully saturated rings. The monoisotopic (exact) mass is 450 g/mol. The van der Waals surface area contributed by atoms with Crippen LogP contribution in [0.15, 0.2) is 60.8 Å². The van der Waals surface area contributed by atoms with E-state index in [9.17, 15) is 4.79 Å². The number of amides is 1. The second kappa shape index (κ2) is 8.84. The van der Waals surface area contributed by atoms with Crippen LogP contribution in [0.5, 0.6) is 0 Å². The Morgan fingerprint density at radius 1 is 1.10 bits per heavy atom. The van der Waals surface area contributed by atoms with E-state index in [4.69, 9.17) is 10.7 Å². The predicted octanol–water partition coefficient (Wildman–Crippen LogP) is 5.19. The Hall–Kier alpha value is -3.27. The number of carbonyl (C=O) groups excluding carboxylic acids is 1. The number of nitrogens with zero attached hydrogens (tertiary/aromatic N) is 2. The molecular weight excluding hydrogens is 428 g/mol. The van der Waals surface area contributed by atoms with Crippen LogP contribution in [0.4, 0.5) is 5.82 Å². The van der Waals surface area contributed by atoms with Crippen LogP contribution in [-0.2, 0) is 0 Å². The standard InChI is InChI=1S/C24H22N4OS.ClH/c1-24(2,3)27-23-21(26-20-9-4-5-14-28(20)23)19-13-12-18(30-19)11-10-16-7-6-8-17(15-16)22(25)29;/h4-9,12-15,27H,1-3H3,(H2,25,29);1H. The highest BCUT2D eigenvalue weighted by Crippen LogP contribution is 2.35. The Balaban J connectivity index is 0.00000272. The molecule has 0 aliphatic heterocycles. The lowest BCUT2D eigenvalue weighted by Crippen LogP contribution is -2.27. The van der Waals surface area contributed by atoms with E-state index in [2.05, 4.69) is 42.3 Å². The largest absolute Gasteiger partial charge is 0.366 e. The molecule has 0 aliphatic rings. The number of benzene rings is 1. The lowest BCUT2D eigenvalue weighted by Gasteiger charge is -2.22. The summed E-state index contributed by atoms with van der Waals surface area (Å²) in [6, 6.07) is 17.1. The van der Waals surface area contributed by atoms with Gasteiger partial charge in [-0.3, -0.25) is 9.20 Å². The second-order valence-electron chi connectivity index (χ2n) is 7.97. The molecule has 0 radical (unpaired) electrons. The topological polar surface area (TPSA) is 72.4 Å². The van der Waals surface area contributed by atoms with Crippen LogP contribution >= 0.6 is 23.7 Å². The molecule has 0 saturated carbocycles. The predicted molar refractivity (Wildman–Crippen MR) is 130 cm³/mol. The first-order chi connectivity index (χ1) is 14.3. The smallest absolute Gasteiger partial charge is 0.248 e. The fourth-order valence-corrected chi connectivity index (χ4v) is 3.91. The van der Waals surface area contributed by atoms with E-state index >= 15 is 0 Å². The molecule has 4 aromatic rings. The maximum absolute atomic E-state index is 11.4. The Labute approximate surface area is 191 Å². The highest BCUT2D eigenvalue weighted by molar-refractivity contribution is 7.16. The number of hydrogen-bond acceptors (Lipinski definition) is 4. The fraction of sp³-hybridized carbons (Fsp3) is 0.167. The number of aromatic nitrogens is 2. The molecule has 1 aromatic carbocycles. The number of imidazole rings is 1. The molecule has 7 heteroatoms. The first-order valence-corrected chi connectivity index (χ1v) is 10.4. The fourth-order valence-electron chi connectivity index (χ4n) is 3.06. The molecular formula is C24H23ClN4OS. The average Bonchev–Trinajstić information content (AvgIpc) is 3.30. The lowest BCUT2D eigenvalue weighted by molar-refractivity contribution is 0.1000. The SMILES string of the molecule is CC(C)(C)Nc1c(-c2ccc(C#Cc3cccc(C(N)=O)c3)s2)nc2ccccn12.Cl. The van der Waals surface area contributed by atoms with E-state index in [1.54, 1.807) is 29.5 Å². The zero-order valence-electron chi connectivity index (χ0n) is 17.5. The van der Waals surface area contributed by atoms with Gasteiger partial charge in [0.05, 0.1) is 9.75 Å². The molecule has 3 N–H and O–H groups in total. The molecule has 0 saturated heterocycles. The van der Waals surface area contributed by atoms with Crippen molar-refractivity contribution in [2.24, 2.45) is 5.73 Å². The van der Waals surface area contributed by atoms with Crippen molar-refractivity contribution in [1.29, 1.82) is 0 Å². The lowest BCUT2D eigenvalue weighted by atomic mass is 10.1. The van der Waals surface area contributed by atoms with Crippen molar-refractivity contribution in [3.63, 3.8) is 0 Å². The van der Waals surface area contributed by atoms with E-state index < -0.39 is 5.91 Å². The maximum Gasteiger partial charge on any atom is 0.248 e.